The van der Waals surface area contributed by atoms with Crippen LogP contribution in [0.15, 0.2) is 0 Å². The fraction of sp³-hybridized carbons (Fsp3) is 0.929. The number of carbonyl (C=O) groups is 1. The van der Waals surface area contributed by atoms with Crippen LogP contribution in [0.25, 0.3) is 0 Å². The number of hydrogen-bond acceptors (Lipinski definition) is 3. The lowest BCUT2D eigenvalue weighted by Crippen LogP contribution is -2.52. The Morgan fingerprint density at radius 2 is 2.16 bits per heavy atom. The van der Waals surface area contributed by atoms with Gasteiger partial charge in [-0.05, 0) is 40.0 Å². The standard InChI is InChI=1S/C14H28N2O3/c1-5-12(13-7-6-8-19-13)15-14(18)16(10(2)3)9-11(4)17/h10-13,17H,5-9H2,1-4H3,(H,15,18). The summed E-state index contributed by atoms with van der Waals surface area (Å²) in [5.74, 6) is 0. The van der Waals surface area contributed by atoms with Crippen LogP contribution in [0.1, 0.15) is 47.0 Å². The molecule has 1 rings (SSSR count). The Balaban J connectivity index is 2.57. The molecule has 19 heavy (non-hydrogen) atoms. The first-order chi connectivity index (χ1) is 8.95. The number of rotatable bonds is 6. The molecule has 0 bridgehead atoms. The van der Waals surface area contributed by atoms with Gasteiger partial charge in [0.1, 0.15) is 0 Å². The largest absolute Gasteiger partial charge is 0.392 e. The number of nitrogens with one attached hydrogen (secondary N) is 1. The fourth-order valence-corrected chi connectivity index (χ4v) is 2.43. The molecular weight excluding hydrogens is 244 g/mol. The van der Waals surface area contributed by atoms with Crippen LogP contribution in [0.3, 0.4) is 0 Å². The van der Waals surface area contributed by atoms with E-state index in [-0.39, 0.29) is 24.2 Å². The lowest BCUT2D eigenvalue weighted by atomic mass is 10.1. The van der Waals surface area contributed by atoms with Gasteiger partial charge < -0.3 is 20.1 Å². The van der Waals surface area contributed by atoms with Crippen LogP contribution < -0.4 is 5.32 Å². The normalized spacial score (nSPS) is 22.3. The second-order valence-electron chi connectivity index (χ2n) is 5.61. The molecule has 0 aliphatic carbocycles. The van der Waals surface area contributed by atoms with Crippen molar-refractivity contribution in [3.63, 3.8) is 0 Å². The van der Waals surface area contributed by atoms with Crippen molar-refractivity contribution in [1.82, 2.24) is 10.2 Å². The third-order valence-corrected chi connectivity index (χ3v) is 3.51. The molecule has 0 aromatic heterocycles. The molecule has 1 heterocycles. The lowest BCUT2D eigenvalue weighted by molar-refractivity contribution is 0.0723. The fourth-order valence-electron chi connectivity index (χ4n) is 2.43. The summed E-state index contributed by atoms with van der Waals surface area (Å²) in [5, 5.41) is 12.5. The minimum atomic E-state index is -0.518. The number of carbonyl (C=O) groups excluding carboxylic acids is 1. The van der Waals surface area contributed by atoms with E-state index in [1.54, 1.807) is 11.8 Å². The molecule has 5 nitrogen and oxygen atoms in total. The van der Waals surface area contributed by atoms with Crippen molar-refractivity contribution in [2.24, 2.45) is 0 Å². The number of aliphatic hydroxyl groups is 1. The topological polar surface area (TPSA) is 61.8 Å². The van der Waals surface area contributed by atoms with E-state index in [4.69, 9.17) is 4.74 Å². The molecule has 0 saturated carbocycles. The van der Waals surface area contributed by atoms with Crippen molar-refractivity contribution in [2.45, 2.75) is 71.2 Å². The summed E-state index contributed by atoms with van der Waals surface area (Å²) in [6.45, 7) is 8.80. The highest BCUT2D eigenvalue weighted by Crippen LogP contribution is 2.18. The number of amides is 2. The average Bonchev–Trinajstić information content (AvgIpc) is 2.85. The van der Waals surface area contributed by atoms with Crippen LogP contribution in [0.2, 0.25) is 0 Å². The van der Waals surface area contributed by atoms with E-state index in [0.29, 0.717) is 6.54 Å². The van der Waals surface area contributed by atoms with Gasteiger partial charge in [-0.2, -0.15) is 0 Å². The molecule has 1 saturated heterocycles. The van der Waals surface area contributed by atoms with Crippen LogP contribution in [-0.4, -0.2) is 53.5 Å². The Hall–Kier alpha value is -0.810. The first kappa shape index (κ1) is 16.2. The monoisotopic (exact) mass is 272 g/mol. The van der Waals surface area contributed by atoms with Gasteiger partial charge >= 0.3 is 6.03 Å². The summed E-state index contributed by atoms with van der Waals surface area (Å²) in [6, 6.07) is 0.0140. The van der Waals surface area contributed by atoms with E-state index in [0.717, 1.165) is 25.9 Å². The van der Waals surface area contributed by atoms with Gasteiger partial charge in [0.2, 0.25) is 0 Å². The first-order valence-electron chi connectivity index (χ1n) is 7.32. The van der Waals surface area contributed by atoms with Crippen molar-refractivity contribution in [2.75, 3.05) is 13.2 Å². The molecule has 0 spiro atoms. The maximum atomic E-state index is 12.3. The molecular formula is C14H28N2O3. The van der Waals surface area contributed by atoms with Crippen molar-refractivity contribution in [1.29, 1.82) is 0 Å². The van der Waals surface area contributed by atoms with Crippen molar-refractivity contribution in [3.8, 4) is 0 Å². The maximum absolute atomic E-state index is 12.3. The van der Waals surface area contributed by atoms with Gasteiger partial charge in [-0.1, -0.05) is 6.92 Å². The molecule has 0 aromatic carbocycles. The number of hydrogen-bond donors (Lipinski definition) is 2. The third-order valence-electron chi connectivity index (χ3n) is 3.51. The highest BCUT2D eigenvalue weighted by molar-refractivity contribution is 5.75. The molecule has 3 atom stereocenters. The number of urea groups is 1. The quantitative estimate of drug-likeness (QED) is 0.774. The summed E-state index contributed by atoms with van der Waals surface area (Å²) in [7, 11) is 0. The zero-order valence-electron chi connectivity index (χ0n) is 12.6. The van der Waals surface area contributed by atoms with E-state index >= 15 is 0 Å². The van der Waals surface area contributed by atoms with Crippen LogP contribution in [-0.2, 0) is 4.74 Å². The van der Waals surface area contributed by atoms with Crippen molar-refractivity contribution in [3.05, 3.63) is 0 Å². The summed E-state index contributed by atoms with van der Waals surface area (Å²) in [4.78, 5) is 14.0. The number of ether oxygens (including phenoxy) is 1. The zero-order valence-corrected chi connectivity index (χ0v) is 12.6. The highest BCUT2D eigenvalue weighted by Gasteiger charge is 2.28. The van der Waals surface area contributed by atoms with Crippen LogP contribution in [0, 0.1) is 0 Å². The summed E-state index contributed by atoms with van der Waals surface area (Å²) in [5.41, 5.74) is 0. The van der Waals surface area contributed by atoms with Gasteiger partial charge in [-0.25, -0.2) is 4.79 Å². The van der Waals surface area contributed by atoms with Crippen molar-refractivity contribution >= 4 is 6.03 Å². The first-order valence-corrected chi connectivity index (χ1v) is 7.32. The van der Waals surface area contributed by atoms with Crippen LogP contribution in [0.4, 0.5) is 4.79 Å². The SMILES string of the molecule is CCC(NC(=O)N(CC(C)O)C(C)C)C1CCCO1. The highest BCUT2D eigenvalue weighted by atomic mass is 16.5. The lowest BCUT2D eigenvalue weighted by Gasteiger charge is -2.31. The van der Waals surface area contributed by atoms with Gasteiger partial charge in [-0.3, -0.25) is 0 Å². The Morgan fingerprint density at radius 1 is 1.47 bits per heavy atom. The van der Waals surface area contributed by atoms with Gasteiger partial charge in [0.05, 0.1) is 18.2 Å². The van der Waals surface area contributed by atoms with Crippen molar-refractivity contribution < 1.29 is 14.6 Å². The molecule has 0 radical (unpaired) electrons. The van der Waals surface area contributed by atoms with E-state index in [2.05, 4.69) is 12.2 Å². The second kappa shape index (κ2) is 7.70. The minimum absolute atomic E-state index is 0.0604. The predicted molar refractivity (Wildman–Crippen MR) is 75.1 cm³/mol. The van der Waals surface area contributed by atoms with Gasteiger partial charge in [0, 0.05) is 19.2 Å². The molecule has 1 fully saturated rings. The van der Waals surface area contributed by atoms with Gasteiger partial charge in [-0.15, -0.1) is 0 Å². The van der Waals surface area contributed by atoms with Gasteiger partial charge in [0.15, 0.2) is 0 Å². The molecule has 0 aromatic rings. The predicted octanol–water partition coefficient (Wildman–Crippen LogP) is 1.74. The smallest absolute Gasteiger partial charge is 0.318 e. The van der Waals surface area contributed by atoms with Crippen LogP contribution in [0.5, 0.6) is 0 Å². The molecule has 2 amide bonds. The molecule has 2 N–H and O–H groups in total. The molecule has 3 unspecified atom stereocenters. The van der Waals surface area contributed by atoms with E-state index in [1.807, 2.05) is 13.8 Å². The summed E-state index contributed by atoms with van der Waals surface area (Å²) < 4.78 is 5.65. The number of nitrogens with zero attached hydrogens (tertiary/aromatic N) is 1. The minimum Gasteiger partial charge on any atom is -0.392 e. The van der Waals surface area contributed by atoms with E-state index in [1.165, 1.54) is 0 Å². The van der Waals surface area contributed by atoms with Gasteiger partial charge in [0.25, 0.3) is 0 Å². The average molecular weight is 272 g/mol. The Kier molecular flexibility index (Phi) is 6.58. The molecule has 1 aliphatic rings. The Labute approximate surface area is 116 Å². The molecule has 112 valence electrons. The number of aliphatic hydroxyl groups excluding tert-OH is 1. The molecule has 5 heteroatoms. The Bertz CT molecular complexity index is 276. The van der Waals surface area contributed by atoms with Crippen LogP contribution >= 0.6 is 0 Å². The summed E-state index contributed by atoms with van der Waals surface area (Å²) >= 11 is 0. The Morgan fingerprint density at radius 3 is 2.58 bits per heavy atom. The van der Waals surface area contributed by atoms with E-state index in [9.17, 15) is 9.90 Å². The third kappa shape index (κ3) is 4.99. The zero-order chi connectivity index (χ0) is 14.4. The maximum Gasteiger partial charge on any atom is 0.318 e. The molecule has 1 aliphatic heterocycles. The van der Waals surface area contributed by atoms with E-state index < -0.39 is 6.10 Å². The summed E-state index contributed by atoms with van der Waals surface area (Å²) in [6.07, 6.45) is 2.55. The second-order valence-corrected chi connectivity index (χ2v) is 5.61.